The Bertz CT molecular complexity index is 970. The lowest BCUT2D eigenvalue weighted by Crippen LogP contribution is -2.14. The molecule has 0 fully saturated rings. The summed E-state index contributed by atoms with van der Waals surface area (Å²) in [6.45, 7) is 3.13. The third-order valence-electron chi connectivity index (χ3n) is 4.12. The lowest BCUT2D eigenvalue weighted by molar-refractivity contribution is 0.0600. The third-order valence-corrected chi connectivity index (χ3v) is 4.12. The molecule has 0 unspecified atom stereocenters. The highest BCUT2D eigenvalue weighted by atomic mass is 16.5. The second kappa shape index (κ2) is 7.91. The largest absolute Gasteiger partial charge is 0.494 e. The van der Waals surface area contributed by atoms with Crippen LogP contribution in [0.3, 0.4) is 0 Å². The van der Waals surface area contributed by atoms with Crippen molar-refractivity contribution in [1.82, 2.24) is 4.57 Å². The highest BCUT2D eigenvalue weighted by Crippen LogP contribution is 2.17. The predicted octanol–water partition coefficient (Wildman–Crippen LogP) is 3.55. The zero-order valence-electron chi connectivity index (χ0n) is 14.9. The van der Waals surface area contributed by atoms with Crippen molar-refractivity contribution in [1.29, 1.82) is 0 Å². The maximum absolute atomic E-state index is 12.1. The standard InChI is InChI=1S/C20H21NO5/c1-14-6-5-7-16(12-14)25-11-4-3-10-21-17-9-8-15(19(22)24-2)13-18(17)26-20(21)23/h5-9,12-13H,3-4,10-11H2,1-2H3. The van der Waals surface area contributed by atoms with Crippen molar-refractivity contribution in [3.05, 3.63) is 64.1 Å². The first-order chi connectivity index (χ1) is 12.6. The fourth-order valence-corrected chi connectivity index (χ4v) is 2.79. The molecule has 0 saturated heterocycles. The van der Waals surface area contributed by atoms with Crippen LogP contribution in [0, 0.1) is 6.92 Å². The minimum atomic E-state index is -0.462. The number of benzene rings is 2. The second-order valence-corrected chi connectivity index (χ2v) is 6.07. The van der Waals surface area contributed by atoms with Gasteiger partial charge in [-0.15, -0.1) is 0 Å². The maximum Gasteiger partial charge on any atom is 0.419 e. The number of hydrogen-bond donors (Lipinski definition) is 0. The van der Waals surface area contributed by atoms with Crippen LogP contribution in [0.25, 0.3) is 11.1 Å². The van der Waals surface area contributed by atoms with Gasteiger partial charge in [0.25, 0.3) is 0 Å². The van der Waals surface area contributed by atoms with Crippen LogP contribution in [0.4, 0.5) is 0 Å². The molecule has 0 aliphatic heterocycles. The van der Waals surface area contributed by atoms with Gasteiger partial charge in [-0.2, -0.15) is 0 Å². The topological polar surface area (TPSA) is 70.7 Å². The molecule has 3 rings (SSSR count). The molecule has 6 heteroatoms. The highest BCUT2D eigenvalue weighted by Gasteiger charge is 2.12. The third kappa shape index (κ3) is 3.96. The minimum Gasteiger partial charge on any atom is -0.494 e. The summed E-state index contributed by atoms with van der Waals surface area (Å²) in [4.78, 5) is 23.6. The summed E-state index contributed by atoms with van der Waals surface area (Å²) in [6, 6.07) is 12.8. The first-order valence-corrected chi connectivity index (χ1v) is 8.49. The van der Waals surface area contributed by atoms with E-state index >= 15 is 0 Å². The summed E-state index contributed by atoms with van der Waals surface area (Å²) in [7, 11) is 1.31. The van der Waals surface area contributed by atoms with Crippen molar-refractivity contribution in [2.45, 2.75) is 26.3 Å². The summed E-state index contributed by atoms with van der Waals surface area (Å²) in [5.41, 5.74) is 2.56. The van der Waals surface area contributed by atoms with Crippen molar-refractivity contribution in [2.75, 3.05) is 13.7 Å². The van der Waals surface area contributed by atoms with E-state index in [1.54, 1.807) is 16.7 Å². The molecule has 2 aromatic carbocycles. The number of methoxy groups -OCH3 is 1. The second-order valence-electron chi connectivity index (χ2n) is 6.07. The van der Waals surface area contributed by atoms with E-state index in [2.05, 4.69) is 4.74 Å². The molecular formula is C20H21NO5. The van der Waals surface area contributed by atoms with Gasteiger partial charge in [0.15, 0.2) is 5.58 Å². The summed E-state index contributed by atoms with van der Waals surface area (Å²) >= 11 is 0. The fourth-order valence-electron chi connectivity index (χ4n) is 2.79. The van der Waals surface area contributed by atoms with E-state index in [1.807, 2.05) is 31.2 Å². The molecule has 6 nitrogen and oxygen atoms in total. The Hall–Kier alpha value is -3.02. The zero-order valence-corrected chi connectivity index (χ0v) is 14.9. The molecule has 0 N–H and O–H groups in total. The number of aryl methyl sites for hydroxylation is 2. The van der Waals surface area contributed by atoms with E-state index in [-0.39, 0.29) is 0 Å². The maximum atomic E-state index is 12.1. The van der Waals surface area contributed by atoms with Crippen molar-refractivity contribution in [2.24, 2.45) is 0 Å². The number of ether oxygens (including phenoxy) is 2. The number of rotatable bonds is 7. The summed E-state index contributed by atoms with van der Waals surface area (Å²) < 4.78 is 17.2. The number of aromatic nitrogens is 1. The molecular weight excluding hydrogens is 334 g/mol. The van der Waals surface area contributed by atoms with E-state index in [4.69, 9.17) is 9.15 Å². The first kappa shape index (κ1) is 17.8. The quantitative estimate of drug-likeness (QED) is 0.479. The number of unbranched alkanes of at least 4 members (excludes halogenated alkanes) is 1. The Labute approximate surface area is 150 Å². The Morgan fingerprint density at radius 2 is 2.00 bits per heavy atom. The molecule has 0 radical (unpaired) electrons. The molecule has 0 spiro atoms. The first-order valence-electron chi connectivity index (χ1n) is 8.49. The van der Waals surface area contributed by atoms with E-state index in [0.29, 0.717) is 29.8 Å². The van der Waals surface area contributed by atoms with Gasteiger partial charge in [-0.1, -0.05) is 12.1 Å². The van der Waals surface area contributed by atoms with Crippen LogP contribution >= 0.6 is 0 Å². The molecule has 3 aromatic rings. The Balaban J connectivity index is 1.59. The van der Waals surface area contributed by atoms with Crippen molar-refractivity contribution >= 4 is 17.1 Å². The smallest absolute Gasteiger partial charge is 0.419 e. The fraction of sp³-hybridized carbons (Fsp3) is 0.300. The van der Waals surface area contributed by atoms with Crippen molar-refractivity contribution in [3.8, 4) is 5.75 Å². The van der Waals surface area contributed by atoms with Gasteiger partial charge in [0, 0.05) is 6.54 Å². The number of carbonyl (C=O) groups is 1. The van der Waals surface area contributed by atoms with Crippen LogP contribution in [0.15, 0.2) is 51.7 Å². The van der Waals surface area contributed by atoms with Gasteiger partial charge >= 0.3 is 11.7 Å². The summed E-state index contributed by atoms with van der Waals surface area (Å²) in [5.74, 6) is -0.0384. The molecule has 0 aliphatic carbocycles. The molecule has 0 atom stereocenters. The number of fused-ring (bicyclic) bond motifs is 1. The number of esters is 1. The SMILES string of the molecule is COC(=O)c1ccc2c(c1)oc(=O)n2CCCCOc1cccc(C)c1. The summed E-state index contributed by atoms with van der Waals surface area (Å²) in [6.07, 6.45) is 1.59. The van der Waals surface area contributed by atoms with Gasteiger partial charge in [0.2, 0.25) is 0 Å². The van der Waals surface area contributed by atoms with Crippen LogP contribution in [0.5, 0.6) is 5.75 Å². The molecule has 136 valence electrons. The molecule has 0 amide bonds. The van der Waals surface area contributed by atoms with Crippen molar-refractivity contribution < 1.29 is 18.7 Å². The average molecular weight is 355 g/mol. The van der Waals surface area contributed by atoms with Gasteiger partial charge in [0.1, 0.15) is 5.75 Å². The lowest BCUT2D eigenvalue weighted by Gasteiger charge is -2.07. The minimum absolute atomic E-state index is 0.354. The number of oxazole rings is 1. The van der Waals surface area contributed by atoms with Crippen LogP contribution in [0.2, 0.25) is 0 Å². The molecule has 0 bridgehead atoms. The zero-order chi connectivity index (χ0) is 18.5. The monoisotopic (exact) mass is 355 g/mol. The molecule has 1 aromatic heterocycles. The van der Waals surface area contributed by atoms with Crippen LogP contribution in [-0.4, -0.2) is 24.3 Å². The average Bonchev–Trinajstić information content (AvgIpc) is 2.95. The Kier molecular flexibility index (Phi) is 5.41. The number of hydrogen-bond acceptors (Lipinski definition) is 5. The molecule has 26 heavy (non-hydrogen) atoms. The number of nitrogens with zero attached hydrogens (tertiary/aromatic N) is 1. The lowest BCUT2D eigenvalue weighted by atomic mass is 10.2. The highest BCUT2D eigenvalue weighted by molar-refractivity contribution is 5.93. The van der Waals surface area contributed by atoms with E-state index in [9.17, 15) is 9.59 Å². The summed E-state index contributed by atoms with van der Waals surface area (Å²) in [5, 5.41) is 0. The predicted molar refractivity (Wildman–Crippen MR) is 97.7 cm³/mol. The van der Waals surface area contributed by atoms with Crippen LogP contribution < -0.4 is 10.5 Å². The van der Waals surface area contributed by atoms with Gasteiger partial charge in [0.05, 0.1) is 24.8 Å². The van der Waals surface area contributed by atoms with E-state index in [1.165, 1.54) is 13.2 Å². The van der Waals surface area contributed by atoms with Crippen molar-refractivity contribution in [3.63, 3.8) is 0 Å². The van der Waals surface area contributed by atoms with E-state index in [0.717, 1.165) is 24.2 Å². The van der Waals surface area contributed by atoms with Gasteiger partial charge in [-0.3, -0.25) is 4.57 Å². The molecule has 0 aliphatic rings. The van der Waals surface area contributed by atoms with E-state index < -0.39 is 11.7 Å². The number of carbonyl (C=O) groups excluding carboxylic acids is 1. The Morgan fingerprint density at radius 3 is 2.77 bits per heavy atom. The Morgan fingerprint density at radius 1 is 1.15 bits per heavy atom. The molecule has 1 heterocycles. The van der Waals surface area contributed by atoms with Gasteiger partial charge in [-0.05, 0) is 55.7 Å². The van der Waals surface area contributed by atoms with Gasteiger partial charge in [-0.25, -0.2) is 9.59 Å². The normalized spacial score (nSPS) is 10.8. The molecule has 0 saturated carbocycles. The van der Waals surface area contributed by atoms with Gasteiger partial charge < -0.3 is 13.9 Å². The van der Waals surface area contributed by atoms with Crippen LogP contribution in [0.1, 0.15) is 28.8 Å². The van der Waals surface area contributed by atoms with Crippen LogP contribution in [-0.2, 0) is 11.3 Å².